The zero-order chi connectivity index (χ0) is 26.9. The quantitative estimate of drug-likeness (QED) is 0.354. The third-order valence-electron chi connectivity index (χ3n) is 6.46. The van der Waals surface area contributed by atoms with Crippen LogP contribution in [0, 0.1) is 6.92 Å². The first-order valence-electron chi connectivity index (χ1n) is 11.8. The Hall–Kier alpha value is -4.06. The molecule has 1 saturated heterocycles. The van der Waals surface area contributed by atoms with Crippen molar-refractivity contribution in [3.05, 3.63) is 65.7 Å². The lowest BCUT2D eigenvalue weighted by Crippen LogP contribution is -2.40. The van der Waals surface area contributed by atoms with Gasteiger partial charge in [0.15, 0.2) is 5.82 Å². The van der Waals surface area contributed by atoms with Gasteiger partial charge in [0.1, 0.15) is 11.5 Å². The number of fused-ring (bicyclic) bond motifs is 4. The summed E-state index contributed by atoms with van der Waals surface area (Å²) < 4.78 is 38.5. The predicted octanol–water partition coefficient (Wildman–Crippen LogP) is 5.27. The number of amides is 1. The first kappa shape index (κ1) is 25.6. The fraction of sp³-hybridized carbons (Fsp3) is 0.269. The van der Waals surface area contributed by atoms with Crippen molar-refractivity contribution < 1.29 is 18.0 Å². The summed E-state index contributed by atoms with van der Waals surface area (Å²) in [7, 11) is 2.00. The third kappa shape index (κ3) is 5.30. The van der Waals surface area contributed by atoms with Crippen molar-refractivity contribution in [3.8, 4) is 21.7 Å². The maximum absolute atomic E-state index is 12.8. The van der Waals surface area contributed by atoms with Crippen LogP contribution in [0.25, 0.3) is 21.7 Å². The van der Waals surface area contributed by atoms with Gasteiger partial charge in [-0.05, 0) is 55.3 Å². The Balaban J connectivity index is 0.000000170. The molecule has 1 unspecified atom stereocenters. The summed E-state index contributed by atoms with van der Waals surface area (Å²) in [4.78, 5) is 32.0. The highest BCUT2D eigenvalue weighted by atomic mass is 32.1. The minimum Gasteiger partial charge on any atom is -0.366 e. The molecule has 1 fully saturated rings. The summed E-state index contributed by atoms with van der Waals surface area (Å²) in [5.41, 5.74) is 2.13. The Morgan fingerprint density at radius 3 is 2.61 bits per heavy atom. The summed E-state index contributed by atoms with van der Waals surface area (Å²) in [6.45, 7) is 3.94. The van der Waals surface area contributed by atoms with Gasteiger partial charge in [0.25, 0.3) is 0 Å². The van der Waals surface area contributed by atoms with Crippen LogP contribution in [0.5, 0.6) is 0 Å². The van der Waals surface area contributed by atoms with Gasteiger partial charge in [-0.15, -0.1) is 11.3 Å². The molecular formula is C26H24F3N7OS. The van der Waals surface area contributed by atoms with Crippen LogP contribution in [0.15, 0.2) is 55.0 Å². The van der Waals surface area contributed by atoms with Crippen LogP contribution < -0.4 is 15.1 Å². The molecular weight excluding hydrogens is 515 g/mol. The predicted molar refractivity (Wildman–Crippen MR) is 141 cm³/mol. The number of aromatic nitrogens is 4. The van der Waals surface area contributed by atoms with Crippen LogP contribution in [-0.4, -0.2) is 52.5 Å². The van der Waals surface area contributed by atoms with Crippen LogP contribution in [0.3, 0.4) is 0 Å². The van der Waals surface area contributed by atoms with E-state index >= 15 is 0 Å². The zero-order valence-corrected chi connectivity index (χ0v) is 21.4. The number of pyridine rings is 3. The molecule has 38 heavy (non-hydrogen) atoms. The van der Waals surface area contributed by atoms with E-state index in [-0.39, 0.29) is 0 Å². The number of carbonyl (C=O) groups is 1. The molecule has 4 aromatic heterocycles. The van der Waals surface area contributed by atoms with Gasteiger partial charge >= 0.3 is 6.18 Å². The van der Waals surface area contributed by atoms with Crippen molar-refractivity contribution in [3.63, 3.8) is 0 Å². The Morgan fingerprint density at radius 2 is 1.87 bits per heavy atom. The topological polar surface area (TPSA) is 87.1 Å². The Morgan fingerprint density at radius 1 is 1.08 bits per heavy atom. The van der Waals surface area contributed by atoms with Gasteiger partial charge in [0, 0.05) is 50.3 Å². The number of carbonyl (C=O) groups excluding carboxylic acids is 1. The summed E-state index contributed by atoms with van der Waals surface area (Å²) >= 11 is 1.61. The second kappa shape index (κ2) is 10.4. The number of alkyl halides is 3. The lowest BCUT2D eigenvalue weighted by molar-refractivity contribution is -0.141. The third-order valence-corrected chi connectivity index (χ3v) is 7.42. The molecule has 1 amide bonds. The molecule has 2 aliphatic heterocycles. The lowest BCUT2D eigenvalue weighted by Gasteiger charge is -2.34. The Bertz CT molecular complexity index is 1460. The molecule has 2 aliphatic rings. The van der Waals surface area contributed by atoms with E-state index in [1.807, 2.05) is 38.4 Å². The van der Waals surface area contributed by atoms with Gasteiger partial charge in [-0.3, -0.25) is 9.78 Å². The molecule has 196 valence electrons. The molecule has 0 spiro atoms. The first-order valence-corrected chi connectivity index (χ1v) is 12.7. The minimum absolute atomic E-state index is 0.424. The van der Waals surface area contributed by atoms with E-state index in [1.54, 1.807) is 29.7 Å². The molecule has 6 rings (SSSR count). The number of nitrogens with one attached hydrogen (secondary N) is 1. The highest BCUT2D eigenvalue weighted by molar-refractivity contribution is 7.15. The molecule has 0 radical (unpaired) electrons. The lowest BCUT2D eigenvalue weighted by atomic mass is 10.1. The van der Waals surface area contributed by atoms with Gasteiger partial charge in [-0.1, -0.05) is 0 Å². The van der Waals surface area contributed by atoms with Crippen molar-refractivity contribution in [2.45, 2.75) is 25.6 Å². The van der Waals surface area contributed by atoms with Gasteiger partial charge in [0.05, 0.1) is 21.3 Å². The van der Waals surface area contributed by atoms with Crippen LogP contribution in [0.2, 0.25) is 0 Å². The van der Waals surface area contributed by atoms with E-state index in [1.165, 1.54) is 6.20 Å². The maximum Gasteiger partial charge on any atom is 0.433 e. The summed E-state index contributed by atoms with van der Waals surface area (Å²) in [6.07, 6.45) is 1.90. The number of anilines is 3. The van der Waals surface area contributed by atoms with E-state index < -0.39 is 11.9 Å². The highest BCUT2D eigenvalue weighted by Gasteiger charge is 2.35. The molecule has 4 aromatic rings. The van der Waals surface area contributed by atoms with E-state index in [0.29, 0.717) is 29.5 Å². The summed E-state index contributed by atoms with van der Waals surface area (Å²) in [5, 5.41) is 3.54. The minimum atomic E-state index is -4.45. The maximum atomic E-state index is 12.8. The van der Waals surface area contributed by atoms with Crippen LogP contribution >= 0.6 is 11.3 Å². The summed E-state index contributed by atoms with van der Waals surface area (Å²) in [6, 6.07) is 10.5. The number of hydrogen-bond donors (Lipinski definition) is 1. The van der Waals surface area contributed by atoms with Crippen LogP contribution in [0.1, 0.15) is 17.1 Å². The van der Waals surface area contributed by atoms with Gasteiger partial charge in [-0.2, -0.15) is 13.2 Å². The van der Waals surface area contributed by atoms with Gasteiger partial charge in [-0.25, -0.2) is 15.0 Å². The number of thiazole rings is 1. The zero-order valence-electron chi connectivity index (χ0n) is 20.6. The van der Waals surface area contributed by atoms with Crippen molar-refractivity contribution in [1.29, 1.82) is 0 Å². The van der Waals surface area contributed by atoms with E-state index in [9.17, 15) is 18.0 Å². The number of rotatable bonds is 4. The van der Waals surface area contributed by atoms with Crippen LogP contribution in [-0.2, 0) is 11.0 Å². The molecule has 0 aliphatic carbocycles. The van der Waals surface area contributed by atoms with Crippen LogP contribution in [0.4, 0.5) is 30.5 Å². The standard InChI is InChI=1S/C16H15F3N4.C10H9N3OS/c1-22-11-5-7-23(9-11)13-3-2-12(21-15(13)22)10-4-6-20-14(8-10)16(17,18)19;1-7-12-5-9(15-7)8-2-3-11-10(4-8)13-6-14/h2-4,6,8,11H,5,7,9H2,1H3;2-6H,1H3,(H,11,13,14). The highest BCUT2D eigenvalue weighted by Crippen LogP contribution is 2.39. The molecule has 12 heteroatoms. The molecule has 1 N–H and O–H groups in total. The van der Waals surface area contributed by atoms with Crippen molar-refractivity contribution >= 4 is 35.1 Å². The number of aryl methyl sites for hydroxylation is 1. The van der Waals surface area contributed by atoms with Crippen molar-refractivity contribution in [2.75, 3.05) is 35.3 Å². The SMILES string of the molecule is CN1c2nc(-c3ccnc(C(F)(F)F)c3)ccc2N2CCC1C2.Cc1ncc(-c2ccnc(NC=O)c2)s1. The fourth-order valence-electron chi connectivity index (χ4n) is 4.52. The summed E-state index contributed by atoms with van der Waals surface area (Å²) in [5.74, 6) is 1.38. The fourth-order valence-corrected chi connectivity index (χ4v) is 5.29. The smallest absolute Gasteiger partial charge is 0.366 e. The number of halogens is 3. The van der Waals surface area contributed by atoms with E-state index in [0.717, 1.165) is 52.5 Å². The number of hydrogen-bond acceptors (Lipinski definition) is 8. The Labute approximate surface area is 221 Å². The molecule has 2 bridgehead atoms. The van der Waals surface area contributed by atoms with E-state index in [4.69, 9.17) is 0 Å². The average molecular weight is 540 g/mol. The molecule has 0 saturated carbocycles. The number of nitrogens with zero attached hydrogens (tertiary/aromatic N) is 6. The second-order valence-corrected chi connectivity index (χ2v) is 10.1. The van der Waals surface area contributed by atoms with Gasteiger partial charge in [0.2, 0.25) is 6.41 Å². The monoisotopic (exact) mass is 539 g/mol. The van der Waals surface area contributed by atoms with Gasteiger partial charge < -0.3 is 15.1 Å². The second-order valence-electron chi connectivity index (χ2n) is 8.90. The molecule has 8 nitrogen and oxygen atoms in total. The molecule has 1 atom stereocenters. The molecule has 6 heterocycles. The normalized spacial score (nSPS) is 16.0. The first-order chi connectivity index (χ1) is 18.2. The van der Waals surface area contributed by atoms with E-state index in [2.05, 4.69) is 35.1 Å². The average Bonchev–Trinajstić information content (AvgIpc) is 3.55. The number of likely N-dealkylation sites (N-methyl/N-ethyl adjacent to an activating group) is 1. The van der Waals surface area contributed by atoms with Crippen molar-refractivity contribution in [1.82, 2.24) is 19.9 Å². The largest absolute Gasteiger partial charge is 0.433 e. The molecule has 0 aromatic carbocycles. The van der Waals surface area contributed by atoms with Crippen molar-refractivity contribution in [2.24, 2.45) is 0 Å². The Kier molecular flexibility index (Phi) is 6.98.